The minimum Gasteiger partial charge on any atom is -0.310 e. The van der Waals surface area contributed by atoms with Gasteiger partial charge in [-0.3, -0.25) is 0 Å². The Hall–Kier alpha value is -0.820. The lowest BCUT2D eigenvalue weighted by molar-refractivity contribution is 0.502. The summed E-state index contributed by atoms with van der Waals surface area (Å²) in [5.74, 6) is 0.917. The van der Waals surface area contributed by atoms with Gasteiger partial charge in [-0.15, -0.1) is 0 Å². The van der Waals surface area contributed by atoms with E-state index in [4.69, 9.17) is 0 Å². The molecule has 1 aliphatic rings. The number of benzene rings is 1. The first kappa shape index (κ1) is 10.7. The first-order valence-electron chi connectivity index (χ1n) is 6.03. The lowest BCUT2D eigenvalue weighted by Gasteiger charge is -2.12. The Kier molecular flexibility index (Phi) is 3.42. The molecule has 0 unspecified atom stereocenters. The zero-order chi connectivity index (χ0) is 10.7. The van der Waals surface area contributed by atoms with Gasteiger partial charge in [0.1, 0.15) is 0 Å². The van der Waals surface area contributed by atoms with Gasteiger partial charge in [-0.2, -0.15) is 0 Å². The van der Waals surface area contributed by atoms with Crippen molar-refractivity contribution < 1.29 is 0 Å². The Morgan fingerprint density at radius 3 is 2.53 bits per heavy atom. The van der Waals surface area contributed by atoms with Gasteiger partial charge in [0, 0.05) is 12.6 Å². The fourth-order valence-corrected chi connectivity index (χ4v) is 2.36. The van der Waals surface area contributed by atoms with Crippen LogP contribution in [0.25, 0.3) is 0 Å². The monoisotopic (exact) mass is 203 g/mol. The zero-order valence-electron chi connectivity index (χ0n) is 9.79. The van der Waals surface area contributed by atoms with Crippen molar-refractivity contribution in [3.05, 3.63) is 35.4 Å². The zero-order valence-corrected chi connectivity index (χ0v) is 9.79. The summed E-state index contributed by atoms with van der Waals surface area (Å²) < 4.78 is 0. The SMILES string of the molecule is Cc1ccc(CN[C@@H]2CC[C@@H](C)C2)cc1. The maximum absolute atomic E-state index is 3.65. The Bertz CT molecular complexity index is 302. The van der Waals surface area contributed by atoms with Crippen molar-refractivity contribution in [1.29, 1.82) is 0 Å². The Balaban J connectivity index is 1.80. The first-order chi connectivity index (χ1) is 7.24. The molecule has 2 atom stereocenters. The second kappa shape index (κ2) is 4.80. The predicted octanol–water partition coefficient (Wildman–Crippen LogP) is 3.27. The normalized spacial score (nSPS) is 25.7. The molecule has 0 saturated heterocycles. The highest BCUT2D eigenvalue weighted by atomic mass is 14.9. The molecule has 1 saturated carbocycles. The van der Waals surface area contributed by atoms with E-state index >= 15 is 0 Å². The number of nitrogens with one attached hydrogen (secondary N) is 1. The summed E-state index contributed by atoms with van der Waals surface area (Å²) in [6.45, 7) is 5.51. The number of rotatable bonds is 3. The number of aryl methyl sites for hydroxylation is 1. The fourth-order valence-electron chi connectivity index (χ4n) is 2.36. The molecule has 1 fully saturated rings. The van der Waals surface area contributed by atoms with Gasteiger partial charge in [-0.05, 0) is 37.7 Å². The molecular weight excluding hydrogens is 182 g/mol. The van der Waals surface area contributed by atoms with Gasteiger partial charge in [0.15, 0.2) is 0 Å². The molecule has 0 radical (unpaired) electrons. The molecular formula is C14H21N. The molecule has 1 aliphatic carbocycles. The van der Waals surface area contributed by atoms with Gasteiger partial charge < -0.3 is 5.32 Å². The summed E-state index contributed by atoms with van der Waals surface area (Å²) in [5.41, 5.74) is 2.74. The summed E-state index contributed by atoms with van der Waals surface area (Å²) in [4.78, 5) is 0. The molecule has 0 heterocycles. The van der Waals surface area contributed by atoms with Crippen molar-refractivity contribution in [2.75, 3.05) is 0 Å². The van der Waals surface area contributed by atoms with E-state index in [1.54, 1.807) is 0 Å². The molecule has 0 spiro atoms. The van der Waals surface area contributed by atoms with Crippen molar-refractivity contribution in [3.8, 4) is 0 Å². The topological polar surface area (TPSA) is 12.0 Å². The number of hydrogen-bond acceptors (Lipinski definition) is 1. The second-order valence-electron chi connectivity index (χ2n) is 4.98. The van der Waals surface area contributed by atoms with Crippen molar-refractivity contribution in [1.82, 2.24) is 5.32 Å². The molecule has 1 heteroatoms. The molecule has 2 rings (SSSR count). The van der Waals surface area contributed by atoms with Gasteiger partial charge in [0.2, 0.25) is 0 Å². The van der Waals surface area contributed by atoms with Gasteiger partial charge in [0.25, 0.3) is 0 Å². The minimum atomic E-state index is 0.751. The van der Waals surface area contributed by atoms with Crippen LogP contribution in [0, 0.1) is 12.8 Å². The molecule has 15 heavy (non-hydrogen) atoms. The van der Waals surface area contributed by atoms with E-state index in [1.165, 1.54) is 30.4 Å². The summed E-state index contributed by atoms with van der Waals surface area (Å²) in [7, 11) is 0. The third-order valence-corrected chi connectivity index (χ3v) is 3.41. The molecule has 0 aliphatic heterocycles. The van der Waals surface area contributed by atoms with Crippen molar-refractivity contribution in [2.24, 2.45) is 5.92 Å². The molecule has 0 aromatic heterocycles. The van der Waals surface area contributed by atoms with Crippen LogP contribution in [-0.4, -0.2) is 6.04 Å². The van der Waals surface area contributed by atoms with E-state index < -0.39 is 0 Å². The predicted molar refractivity (Wildman–Crippen MR) is 64.8 cm³/mol. The van der Waals surface area contributed by atoms with Crippen molar-refractivity contribution in [3.63, 3.8) is 0 Å². The molecule has 82 valence electrons. The van der Waals surface area contributed by atoms with Crippen LogP contribution < -0.4 is 5.32 Å². The molecule has 1 nitrogen and oxygen atoms in total. The van der Waals surface area contributed by atoms with Crippen LogP contribution in [0.15, 0.2) is 24.3 Å². The van der Waals surface area contributed by atoms with Crippen LogP contribution >= 0.6 is 0 Å². The summed E-state index contributed by atoms with van der Waals surface area (Å²) in [6, 6.07) is 9.57. The molecule has 1 aromatic carbocycles. The van der Waals surface area contributed by atoms with Crippen LogP contribution in [0.3, 0.4) is 0 Å². The summed E-state index contributed by atoms with van der Waals surface area (Å²) in [5, 5.41) is 3.65. The summed E-state index contributed by atoms with van der Waals surface area (Å²) in [6.07, 6.45) is 4.10. The maximum Gasteiger partial charge on any atom is 0.0208 e. The Morgan fingerprint density at radius 1 is 1.20 bits per heavy atom. The quantitative estimate of drug-likeness (QED) is 0.795. The Labute approximate surface area is 92.9 Å². The van der Waals surface area contributed by atoms with Gasteiger partial charge in [-0.1, -0.05) is 36.8 Å². The van der Waals surface area contributed by atoms with E-state index in [2.05, 4.69) is 43.4 Å². The molecule has 0 bridgehead atoms. The summed E-state index contributed by atoms with van der Waals surface area (Å²) >= 11 is 0. The largest absolute Gasteiger partial charge is 0.310 e. The fraction of sp³-hybridized carbons (Fsp3) is 0.571. The van der Waals surface area contributed by atoms with Crippen LogP contribution in [0.4, 0.5) is 0 Å². The van der Waals surface area contributed by atoms with Crippen molar-refractivity contribution >= 4 is 0 Å². The second-order valence-corrected chi connectivity index (χ2v) is 4.98. The van der Waals surface area contributed by atoms with Crippen LogP contribution in [0.2, 0.25) is 0 Å². The van der Waals surface area contributed by atoms with Gasteiger partial charge in [-0.25, -0.2) is 0 Å². The van der Waals surface area contributed by atoms with Crippen LogP contribution in [0.5, 0.6) is 0 Å². The highest BCUT2D eigenvalue weighted by molar-refractivity contribution is 5.21. The average Bonchev–Trinajstić information content (AvgIpc) is 2.64. The van der Waals surface area contributed by atoms with Crippen molar-refractivity contribution in [2.45, 2.75) is 45.7 Å². The molecule has 1 aromatic rings. The minimum absolute atomic E-state index is 0.751. The van der Waals surface area contributed by atoms with Gasteiger partial charge >= 0.3 is 0 Å². The maximum atomic E-state index is 3.65. The lowest BCUT2D eigenvalue weighted by atomic mass is 10.1. The smallest absolute Gasteiger partial charge is 0.0208 e. The van der Waals surface area contributed by atoms with E-state index in [0.717, 1.165) is 18.5 Å². The Morgan fingerprint density at radius 2 is 1.93 bits per heavy atom. The lowest BCUT2D eigenvalue weighted by Crippen LogP contribution is -2.25. The van der Waals surface area contributed by atoms with E-state index in [-0.39, 0.29) is 0 Å². The standard InChI is InChI=1S/C14H21N/c1-11-3-6-13(7-4-11)10-15-14-8-5-12(2)9-14/h3-4,6-7,12,14-15H,5,8-10H2,1-2H3/t12-,14-/m1/s1. The highest BCUT2D eigenvalue weighted by Gasteiger charge is 2.20. The third-order valence-electron chi connectivity index (χ3n) is 3.41. The molecule has 1 N–H and O–H groups in total. The average molecular weight is 203 g/mol. The van der Waals surface area contributed by atoms with E-state index in [9.17, 15) is 0 Å². The van der Waals surface area contributed by atoms with Gasteiger partial charge in [0.05, 0.1) is 0 Å². The highest BCUT2D eigenvalue weighted by Crippen LogP contribution is 2.24. The van der Waals surface area contributed by atoms with Crippen LogP contribution in [-0.2, 0) is 6.54 Å². The van der Waals surface area contributed by atoms with E-state index in [0.29, 0.717) is 0 Å². The number of hydrogen-bond donors (Lipinski definition) is 1. The van der Waals surface area contributed by atoms with E-state index in [1.807, 2.05) is 0 Å². The first-order valence-corrected chi connectivity index (χ1v) is 6.03. The van der Waals surface area contributed by atoms with Crippen LogP contribution in [0.1, 0.15) is 37.3 Å². The molecule has 0 amide bonds. The third kappa shape index (κ3) is 3.07.